The maximum absolute atomic E-state index is 13.0. The van der Waals surface area contributed by atoms with E-state index >= 15 is 0 Å². The van der Waals surface area contributed by atoms with Gasteiger partial charge in [-0.1, -0.05) is 33.6 Å². The second-order valence-corrected chi connectivity index (χ2v) is 6.79. The molecule has 0 bridgehead atoms. The average Bonchev–Trinajstić information content (AvgIpc) is 2.38. The third kappa shape index (κ3) is 4.97. The van der Waals surface area contributed by atoms with Crippen molar-refractivity contribution in [1.82, 2.24) is 5.32 Å². The summed E-state index contributed by atoms with van der Waals surface area (Å²) in [5.74, 6) is -1.98. The molecule has 1 fully saturated rings. The summed E-state index contributed by atoms with van der Waals surface area (Å²) >= 11 is 9.37. The molecule has 1 aliphatic carbocycles. The first kappa shape index (κ1) is 16.2. The number of alkyl halides is 2. The molecule has 1 saturated carbocycles. The molecular formula is C15H19BrClF2N. The summed E-state index contributed by atoms with van der Waals surface area (Å²) in [6.45, 7) is 1.63. The first-order valence-corrected chi connectivity index (χ1v) is 8.16. The lowest BCUT2D eigenvalue weighted by Gasteiger charge is -2.28. The Labute approximate surface area is 132 Å². The van der Waals surface area contributed by atoms with Crippen LogP contribution in [0.15, 0.2) is 22.7 Å². The predicted molar refractivity (Wildman–Crippen MR) is 82.4 cm³/mol. The van der Waals surface area contributed by atoms with Gasteiger partial charge >= 0.3 is 0 Å². The molecule has 0 atom stereocenters. The summed E-state index contributed by atoms with van der Waals surface area (Å²) in [5, 5.41) is 4.08. The highest BCUT2D eigenvalue weighted by Crippen LogP contribution is 2.37. The van der Waals surface area contributed by atoms with Crippen LogP contribution in [0.25, 0.3) is 0 Å². The number of nitrogens with one attached hydrogen (secondary N) is 1. The Morgan fingerprint density at radius 2 is 2.00 bits per heavy atom. The van der Waals surface area contributed by atoms with Crippen LogP contribution in [0, 0.1) is 5.92 Å². The van der Waals surface area contributed by atoms with Crippen molar-refractivity contribution in [3.8, 4) is 0 Å². The lowest BCUT2D eigenvalue weighted by atomic mass is 9.85. The monoisotopic (exact) mass is 365 g/mol. The minimum Gasteiger partial charge on any atom is -0.313 e. The molecule has 0 radical (unpaired) electrons. The molecule has 0 saturated heterocycles. The number of hydrogen-bond acceptors (Lipinski definition) is 1. The Kier molecular flexibility index (Phi) is 5.82. The number of halogens is 4. The van der Waals surface area contributed by atoms with Crippen LogP contribution in [-0.4, -0.2) is 12.5 Å². The molecule has 0 unspecified atom stereocenters. The van der Waals surface area contributed by atoms with E-state index < -0.39 is 5.92 Å². The summed E-state index contributed by atoms with van der Waals surface area (Å²) in [5.41, 5.74) is 1.16. The molecule has 20 heavy (non-hydrogen) atoms. The molecule has 0 amide bonds. The lowest BCUT2D eigenvalue weighted by molar-refractivity contribution is -0.0464. The summed E-state index contributed by atoms with van der Waals surface area (Å²) < 4.78 is 27.1. The third-order valence-electron chi connectivity index (χ3n) is 3.90. The largest absolute Gasteiger partial charge is 0.313 e. The molecule has 1 aromatic carbocycles. The minimum absolute atomic E-state index is 0.0560. The van der Waals surface area contributed by atoms with E-state index in [0.29, 0.717) is 23.8 Å². The quantitative estimate of drug-likeness (QED) is 0.687. The highest BCUT2D eigenvalue weighted by Gasteiger charge is 2.34. The highest BCUT2D eigenvalue weighted by molar-refractivity contribution is 9.10. The van der Waals surface area contributed by atoms with Crippen molar-refractivity contribution in [2.75, 3.05) is 6.54 Å². The molecule has 2 rings (SSSR count). The summed E-state index contributed by atoms with van der Waals surface area (Å²) in [6.07, 6.45) is 2.39. The standard InChI is InChI=1S/C15H19BrClF2N/c16-14-9-13(17)2-1-12(14)10-20-8-5-11-3-6-15(18,19)7-4-11/h1-2,9,11,20H,3-8,10H2. The second kappa shape index (κ2) is 7.19. The van der Waals surface area contributed by atoms with E-state index in [1.54, 1.807) is 0 Å². The van der Waals surface area contributed by atoms with Crippen LogP contribution >= 0.6 is 27.5 Å². The van der Waals surface area contributed by atoms with Gasteiger partial charge in [0.25, 0.3) is 0 Å². The Morgan fingerprint density at radius 1 is 1.30 bits per heavy atom. The van der Waals surface area contributed by atoms with E-state index in [2.05, 4.69) is 21.2 Å². The fourth-order valence-corrected chi connectivity index (χ4v) is 3.41. The molecule has 1 aromatic rings. The zero-order valence-corrected chi connectivity index (χ0v) is 13.6. The summed E-state index contributed by atoms with van der Waals surface area (Å²) in [7, 11) is 0. The molecule has 0 aromatic heterocycles. The molecule has 1 aliphatic rings. The van der Waals surface area contributed by atoms with Gasteiger partial charge in [0.2, 0.25) is 5.92 Å². The van der Waals surface area contributed by atoms with Crippen LogP contribution in [0.4, 0.5) is 8.78 Å². The molecule has 0 spiro atoms. The van der Waals surface area contributed by atoms with Gasteiger partial charge in [-0.25, -0.2) is 8.78 Å². The smallest absolute Gasteiger partial charge is 0.248 e. The third-order valence-corrected chi connectivity index (χ3v) is 4.87. The SMILES string of the molecule is FC1(F)CCC(CCNCc2ccc(Cl)cc2Br)CC1. The predicted octanol–water partition coefficient (Wildman–Crippen LogP) is 5.41. The van der Waals surface area contributed by atoms with Crippen LogP contribution in [0.2, 0.25) is 5.02 Å². The van der Waals surface area contributed by atoms with Crippen molar-refractivity contribution in [1.29, 1.82) is 0 Å². The van der Waals surface area contributed by atoms with Crippen molar-refractivity contribution < 1.29 is 8.78 Å². The molecule has 1 nitrogen and oxygen atoms in total. The zero-order valence-electron chi connectivity index (χ0n) is 11.3. The first-order valence-electron chi connectivity index (χ1n) is 6.99. The van der Waals surface area contributed by atoms with E-state index in [-0.39, 0.29) is 12.8 Å². The maximum atomic E-state index is 13.0. The molecule has 0 aliphatic heterocycles. The fraction of sp³-hybridized carbons (Fsp3) is 0.600. The van der Waals surface area contributed by atoms with Gasteiger partial charge < -0.3 is 5.32 Å². The zero-order chi connectivity index (χ0) is 14.6. The van der Waals surface area contributed by atoms with E-state index in [4.69, 9.17) is 11.6 Å². The lowest BCUT2D eigenvalue weighted by Crippen LogP contribution is -2.26. The van der Waals surface area contributed by atoms with Crippen molar-refractivity contribution in [3.05, 3.63) is 33.3 Å². The Bertz CT molecular complexity index is 443. The summed E-state index contributed by atoms with van der Waals surface area (Å²) in [6, 6.07) is 5.73. The topological polar surface area (TPSA) is 12.0 Å². The van der Waals surface area contributed by atoms with Gasteiger partial charge in [0.1, 0.15) is 0 Å². The highest BCUT2D eigenvalue weighted by atomic mass is 79.9. The van der Waals surface area contributed by atoms with Crippen molar-refractivity contribution in [2.24, 2.45) is 5.92 Å². The second-order valence-electron chi connectivity index (χ2n) is 5.50. The van der Waals surface area contributed by atoms with Crippen molar-refractivity contribution in [2.45, 2.75) is 44.6 Å². The van der Waals surface area contributed by atoms with Gasteiger partial charge in [0, 0.05) is 28.9 Å². The van der Waals surface area contributed by atoms with Gasteiger partial charge in [-0.15, -0.1) is 0 Å². The van der Waals surface area contributed by atoms with Gasteiger partial charge in [-0.2, -0.15) is 0 Å². The Balaban J connectivity index is 1.67. The normalized spacial score (nSPS) is 19.2. The fourth-order valence-electron chi connectivity index (χ4n) is 2.58. The molecule has 5 heteroatoms. The van der Waals surface area contributed by atoms with Crippen LogP contribution in [0.3, 0.4) is 0 Å². The first-order chi connectivity index (χ1) is 9.46. The van der Waals surface area contributed by atoms with Crippen LogP contribution < -0.4 is 5.32 Å². The molecular weight excluding hydrogens is 348 g/mol. The van der Waals surface area contributed by atoms with Crippen LogP contribution in [0.1, 0.15) is 37.7 Å². The molecule has 1 N–H and O–H groups in total. The van der Waals surface area contributed by atoms with Crippen LogP contribution in [-0.2, 0) is 6.54 Å². The minimum atomic E-state index is -2.42. The summed E-state index contributed by atoms with van der Waals surface area (Å²) in [4.78, 5) is 0. The van der Waals surface area contributed by atoms with Crippen LogP contribution in [0.5, 0.6) is 0 Å². The molecule has 112 valence electrons. The van der Waals surface area contributed by atoms with Crippen molar-refractivity contribution >= 4 is 27.5 Å². The van der Waals surface area contributed by atoms with Gasteiger partial charge in [0.15, 0.2) is 0 Å². The maximum Gasteiger partial charge on any atom is 0.248 e. The van der Waals surface area contributed by atoms with E-state index in [1.165, 1.54) is 0 Å². The number of hydrogen-bond donors (Lipinski definition) is 1. The molecule has 0 heterocycles. The van der Waals surface area contributed by atoms with Gasteiger partial charge in [-0.3, -0.25) is 0 Å². The number of benzene rings is 1. The van der Waals surface area contributed by atoms with E-state index in [9.17, 15) is 8.78 Å². The number of rotatable bonds is 5. The van der Waals surface area contributed by atoms with E-state index in [1.807, 2.05) is 18.2 Å². The van der Waals surface area contributed by atoms with Gasteiger partial charge in [-0.05, 0) is 49.4 Å². The Hall–Kier alpha value is -0.190. The van der Waals surface area contributed by atoms with Crippen molar-refractivity contribution in [3.63, 3.8) is 0 Å². The van der Waals surface area contributed by atoms with E-state index in [0.717, 1.165) is 29.5 Å². The Morgan fingerprint density at radius 3 is 2.65 bits per heavy atom. The van der Waals surface area contributed by atoms with Gasteiger partial charge in [0.05, 0.1) is 0 Å². The average molecular weight is 367 g/mol.